The predicted molar refractivity (Wildman–Crippen MR) is 41.7 cm³/mol. The molecule has 0 aliphatic carbocycles. The van der Waals surface area contributed by atoms with Gasteiger partial charge in [-0.15, -0.1) is 0 Å². The zero-order chi connectivity index (χ0) is 8.27. The zero-order valence-corrected chi connectivity index (χ0v) is 6.95. The van der Waals surface area contributed by atoms with E-state index in [-0.39, 0.29) is 18.2 Å². The van der Waals surface area contributed by atoms with Gasteiger partial charge in [-0.2, -0.15) is 0 Å². The Hall–Kier alpha value is -0.0551. The molecule has 62 valence electrons. The summed E-state index contributed by atoms with van der Waals surface area (Å²) in [5.41, 5.74) is 0. The minimum Gasteiger partial charge on any atom is -0.382 e. The Balaban J connectivity index is 2.37. The molecular weight excluding hydrogens is 143 g/mol. The van der Waals surface area contributed by atoms with Crippen LogP contribution in [0.2, 0.25) is 0 Å². The highest BCUT2D eigenvalue weighted by Crippen LogP contribution is 2.20. The van der Waals surface area contributed by atoms with Crippen molar-refractivity contribution in [2.75, 3.05) is 20.8 Å². The maximum absolute atomic E-state index is 5.56. The van der Waals surface area contributed by atoms with Gasteiger partial charge in [-0.05, 0) is 6.42 Å². The van der Waals surface area contributed by atoms with Crippen molar-refractivity contribution >= 4 is 7.85 Å². The Kier molecular flexibility index (Phi) is 3.36. The smallest absolute Gasteiger partial charge is 0.109 e. The molecule has 1 aliphatic heterocycles. The molecule has 4 heteroatoms. The second kappa shape index (κ2) is 4.09. The lowest BCUT2D eigenvalue weighted by Gasteiger charge is -2.15. The first kappa shape index (κ1) is 9.04. The topological polar surface area (TPSA) is 27.7 Å². The van der Waals surface area contributed by atoms with Crippen molar-refractivity contribution in [3.05, 3.63) is 0 Å². The summed E-state index contributed by atoms with van der Waals surface area (Å²) in [6.07, 6.45) is 0.842. The third-order valence-corrected chi connectivity index (χ3v) is 1.86. The van der Waals surface area contributed by atoms with Gasteiger partial charge in [0.05, 0.1) is 12.7 Å². The van der Waals surface area contributed by atoms with E-state index in [4.69, 9.17) is 22.1 Å². The van der Waals surface area contributed by atoms with Gasteiger partial charge in [0.2, 0.25) is 0 Å². The lowest BCUT2D eigenvalue weighted by Crippen LogP contribution is -2.27. The Labute approximate surface area is 68.4 Å². The molecule has 0 bridgehead atoms. The van der Waals surface area contributed by atoms with E-state index in [1.54, 1.807) is 14.2 Å². The standard InChI is InChI=1S/C7H13BO3/c1-9-4-6-5(10-2)3-7(8)11-6/h5-7H,3-4H2,1-2H3/t5?,6-,7?/m1/s1. The molecular formula is C7H13BO3. The highest BCUT2D eigenvalue weighted by molar-refractivity contribution is 6.11. The summed E-state index contributed by atoms with van der Waals surface area (Å²) in [5, 5.41) is 0. The Morgan fingerprint density at radius 1 is 1.55 bits per heavy atom. The fourth-order valence-corrected chi connectivity index (χ4v) is 1.31. The summed E-state index contributed by atoms with van der Waals surface area (Å²) in [4.78, 5) is 0. The van der Waals surface area contributed by atoms with Crippen LogP contribution < -0.4 is 0 Å². The van der Waals surface area contributed by atoms with E-state index in [9.17, 15) is 0 Å². The second-order valence-corrected chi connectivity index (χ2v) is 2.68. The molecule has 0 aromatic carbocycles. The molecule has 0 saturated carbocycles. The van der Waals surface area contributed by atoms with Gasteiger partial charge >= 0.3 is 0 Å². The van der Waals surface area contributed by atoms with Crippen LogP contribution in [0.15, 0.2) is 0 Å². The molecule has 11 heavy (non-hydrogen) atoms. The third-order valence-electron chi connectivity index (χ3n) is 1.86. The van der Waals surface area contributed by atoms with Gasteiger partial charge in [-0.25, -0.2) is 0 Å². The molecule has 1 saturated heterocycles. The molecule has 0 aromatic rings. The lowest BCUT2D eigenvalue weighted by atomic mass is 9.96. The summed E-state index contributed by atoms with van der Waals surface area (Å²) in [6, 6.07) is -0.194. The fraction of sp³-hybridized carbons (Fsp3) is 1.00. The van der Waals surface area contributed by atoms with Crippen LogP contribution in [0.3, 0.4) is 0 Å². The Morgan fingerprint density at radius 2 is 2.27 bits per heavy atom. The Bertz CT molecular complexity index is 120. The quantitative estimate of drug-likeness (QED) is 0.535. The fourth-order valence-electron chi connectivity index (χ4n) is 1.31. The first-order valence-corrected chi connectivity index (χ1v) is 3.70. The highest BCUT2D eigenvalue weighted by atomic mass is 16.6. The van der Waals surface area contributed by atoms with E-state index >= 15 is 0 Å². The van der Waals surface area contributed by atoms with Gasteiger partial charge < -0.3 is 14.2 Å². The van der Waals surface area contributed by atoms with Crippen molar-refractivity contribution in [1.29, 1.82) is 0 Å². The van der Waals surface area contributed by atoms with Gasteiger partial charge in [0.1, 0.15) is 14.0 Å². The normalized spacial score (nSPS) is 37.8. The van der Waals surface area contributed by atoms with Crippen molar-refractivity contribution in [3.63, 3.8) is 0 Å². The van der Waals surface area contributed by atoms with Gasteiger partial charge in [-0.3, -0.25) is 0 Å². The average Bonchev–Trinajstić information content (AvgIpc) is 2.32. The van der Waals surface area contributed by atoms with E-state index in [0.29, 0.717) is 6.61 Å². The van der Waals surface area contributed by atoms with Gasteiger partial charge in [-0.1, -0.05) is 0 Å². The molecule has 1 heterocycles. The lowest BCUT2D eigenvalue weighted by molar-refractivity contribution is -0.0315. The molecule has 2 radical (unpaired) electrons. The number of ether oxygens (including phenoxy) is 3. The first-order chi connectivity index (χ1) is 5.27. The summed E-state index contributed by atoms with van der Waals surface area (Å²) in [5.74, 6) is 0. The van der Waals surface area contributed by atoms with Crippen LogP contribution in [0.5, 0.6) is 0 Å². The molecule has 0 spiro atoms. The predicted octanol–water partition coefficient (Wildman–Crippen LogP) is -0.0687. The molecule has 3 atom stereocenters. The van der Waals surface area contributed by atoms with Crippen molar-refractivity contribution in [2.45, 2.75) is 24.6 Å². The van der Waals surface area contributed by atoms with Crippen LogP contribution in [0.25, 0.3) is 0 Å². The largest absolute Gasteiger partial charge is 0.382 e. The maximum Gasteiger partial charge on any atom is 0.109 e. The molecule has 1 aliphatic rings. The van der Waals surface area contributed by atoms with E-state index in [0.717, 1.165) is 6.42 Å². The number of rotatable bonds is 3. The Morgan fingerprint density at radius 3 is 2.82 bits per heavy atom. The van der Waals surface area contributed by atoms with Gasteiger partial charge in [0.15, 0.2) is 0 Å². The van der Waals surface area contributed by atoms with E-state index in [2.05, 4.69) is 0 Å². The summed E-state index contributed by atoms with van der Waals surface area (Å²) in [6.45, 7) is 0.548. The number of hydrogen-bond acceptors (Lipinski definition) is 3. The minimum atomic E-state index is -0.194. The third kappa shape index (κ3) is 2.19. The van der Waals surface area contributed by atoms with Crippen molar-refractivity contribution in [2.24, 2.45) is 0 Å². The van der Waals surface area contributed by atoms with Crippen LogP contribution in [-0.2, 0) is 14.2 Å². The molecule has 0 aromatic heterocycles. The van der Waals surface area contributed by atoms with Crippen LogP contribution in [0.1, 0.15) is 6.42 Å². The van der Waals surface area contributed by atoms with E-state index in [1.807, 2.05) is 0 Å². The first-order valence-electron chi connectivity index (χ1n) is 3.70. The van der Waals surface area contributed by atoms with Crippen molar-refractivity contribution < 1.29 is 14.2 Å². The maximum atomic E-state index is 5.56. The molecule has 1 rings (SSSR count). The SMILES string of the molecule is [B]C1CC(OC)[C@@H](COC)O1. The zero-order valence-electron chi connectivity index (χ0n) is 6.95. The van der Waals surface area contributed by atoms with Crippen LogP contribution in [0.4, 0.5) is 0 Å². The minimum absolute atomic E-state index is 0.000000000000000222. The average molecular weight is 156 g/mol. The number of methoxy groups -OCH3 is 2. The van der Waals surface area contributed by atoms with Gasteiger partial charge in [0, 0.05) is 20.2 Å². The molecule has 0 amide bonds. The van der Waals surface area contributed by atoms with Crippen molar-refractivity contribution in [3.8, 4) is 0 Å². The van der Waals surface area contributed by atoms with Crippen LogP contribution in [-0.4, -0.2) is 46.9 Å². The summed E-state index contributed by atoms with van der Waals surface area (Å²) >= 11 is 0. The molecule has 1 fully saturated rings. The second-order valence-electron chi connectivity index (χ2n) is 2.68. The van der Waals surface area contributed by atoms with E-state index in [1.165, 1.54) is 0 Å². The van der Waals surface area contributed by atoms with Gasteiger partial charge in [0.25, 0.3) is 0 Å². The molecule has 3 nitrogen and oxygen atoms in total. The van der Waals surface area contributed by atoms with Crippen molar-refractivity contribution in [1.82, 2.24) is 0 Å². The van der Waals surface area contributed by atoms with E-state index < -0.39 is 0 Å². The highest BCUT2D eigenvalue weighted by Gasteiger charge is 2.32. The summed E-state index contributed by atoms with van der Waals surface area (Å²) < 4.78 is 15.4. The summed E-state index contributed by atoms with van der Waals surface area (Å²) in [7, 11) is 8.86. The van der Waals surface area contributed by atoms with Crippen LogP contribution >= 0.6 is 0 Å². The van der Waals surface area contributed by atoms with Crippen LogP contribution in [0, 0.1) is 0 Å². The monoisotopic (exact) mass is 156 g/mol. The number of hydrogen-bond donors (Lipinski definition) is 0. The molecule has 0 N–H and O–H groups in total. The molecule has 2 unspecified atom stereocenters.